The van der Waals surface area contributed by atoms with Gasteiger partial charge >= 0.3 is 5.97 Å². The van der Waals surface area contributed by atoms with Gasteiger partial charge in [-0.15, -0.1) is 0 Å². The number of hydrogen-bond donors (Lipinski definition) is 0. The van der Waals surface area contributed by atoms with Crippen LogP contribution in [0, 0.1) is 0 Å². The maximum absolute atomic E-state index is 12.5. The summed E-state index contributed by atoms with van der Waals surface area (Å²) >= 11 is 0. The molecule has 0 radical (unpaired) electrons. The van der Waals surface area contributed by atoms with Gasteiger partial charge in [0.1, 0.15) is 6.61 Å². The van der Waals surface area contributed by atoms with Crippen molar-refractivity contribution in [1.82, 2.24) is 9.29 Å². The monoisotopic (exact) mass is 374 g/mol. The molecule has 0 bridgehead atoms. The van der Waals surface area contributed by atoms with Gasteiger partial charge in [0.2, 0.25) is 10.0 Å². The van der Waals surface area contributed by atoms with Gasteiger partial charge in [0.15, 0.2) is 0 Å². The van der Waals surface area contributed by atoms with Gasteiger partial charge in [-0.2, -0.15) is 4.31 Å². The number of rotatable bonds is 7. The van der Waals surface area contributed by atoms with Crippen molar-refractivity contribution in [1.29, 1.82) is 0 Å². The second kappa shape index (κ2) is 8.42. The Bertz CT molecular complexity index is 830. The quantitative estimate of drug-likeness (QED) is 0.696. The van der Waals surface area contributed by atoms with Gasteiger partial charge in [-0.1, -0.05) is 18.2 Å². The van der Waals surface area contributed by atoms with Crippen molar-refractivity contribution in [3.63, 3.8) is 0 Å². The van der Waals surface area contributed by atoms with Crippen LogP contribution in [-0.4, -0.2) is 36.8 Å². The first-order valence-corrected chi connectivity index (χ1v) is 10.1. The van der Waals surface area contributed by atoms with Crippen LogP contribution in [0.3, 0.4) is 0 Å². The zero-order chi connectivity index (χ0) is 18.4. The number of aromatic nitrogens is 1. The van der Waals surface area contributed by atoms with Gasteiger partial charge in [-0.25, -0.2) is 8.42 Å². The van der Waals surface area contributed by atoms with Crippen molar-refractivity contribution < 1.29 is 17.9 Å². The Morgan fingerprint density at radius 3 is 2.46 bits per heavy atom. The SMILES string of the molecule is O=C(CCc1ccc(S(=O)(=O)N2CCCC2)cc1)OCc1ccccn1. The fourth-order valence-corrected chi connectivity index (χ4v) is 4.38. The van der Waals surface area contributed by atoms with Crippen LogP contribution in [0.5, 0.6) is 0 Å². The van der Waals surface area contributed by atoms with Crippen molar-refractivity contribution in [3.8, 4) is 0 Å². The largest absolute Gasteiger partial charge is 0.459 e. The molecule has 26 heavy (non-hydrogen) atoms. The van der Waals surface area contributed by atoms with E-state index >= 15 is 0 Å². The molecule has 0 amide bonds. The predicted molar refractivity (Wildman–Crippen MR) is 96.8 cm³/mol. The lowest BCUT2D eigenvalue weighted by Gasteiger charge is -2.15. The topological polar surface area (TPSA) is 76.6 Å². The Morgan fingerprint density at radius 1 is 1.08 bits per heavy atom. The number of aryl methyl sites for hydroxylation is 1. The number of benzene rings is 1. The Hall–Kier alpha value is -2.25. The molecule has 0 spiro atoms. The molecule has 1 fully saturated rings. The number of hydrogen-bond acceptors (Lipinski definition) is 5. The van der Waals surface area contributed by atoms with Crippen LogP contribution >= 0.6 is 0 Å². The lowest BCUT2D eigenvalue weighted by atomic mass is 10.1. The molecule has 3 rings (SSSR count). The average Bonchev–Trinajstić information content (AvgIpc) is 3.21. The fourth-order valence-electron chi connectivity index (χ4n) is 2.86. The lowest BCUT2D eigenvalue weighted by Crippen LogP contribution is -2.27. The summed E-state index contributed by atoms with van der Waals surface area (Å²) in [5.41, 5.74) is 1.61. The van der Waals surface area contributed by atoms with Gasteiger partial charge in [-0.3, -0.25) is 9.78 Å². The maximum Gasteiger partial charge on any atom is 0.306 e. The number of ether oxygens (including phenoxy) is 1. The minimum atomic E-state index is -3.39. The maximum atomic E-state index is 12.5. The number of carbonyl (C=O) groups excluding carboxylic acids is 1. The lowest BCUT2D eigenvalue weighted by molar-refractivity contribution is -0.145. The molecule has 2 heterocycles. The summed E-state index contributed by atoms with van der Waals surface area (Å²) in [7, 11) is -3.39. The highest BCUT2D eigenvalue weighted by molar-refractivity contribution is 7.89. The van der Waals surface area contributed by atoms with Crippen LogP contribution in [0.15, 0.2) is 53.6 Å². The van der Waals surface area contributed by atoms with Gasteiger partial charge in [-0.05, 0) is 49.1 Å². The smallest absolute Gasteiger partial charge is 0.306 e. The van der Waals surface area contributed by atoms with E-state index in [9.17, 15) is 13.2 Å². The summed E-state index contributed by atoms with van der Waals surface area (Å²) in [5, 5.41) is 0. The van der Waals surface area contributed by atoms with Crippen molar-refractivity contribution in [2.45, 2.75) is 37.2 Å². The molecule has 0 atom stereocenters. The molecule has 0 saturated carbocycles. The third-order valence-corrected chi connectivity index (χ3v) is 6.26. The van der Waals surface area contributed by atoms with Crippen LogP contribution in [-0.2, 0) is 32.6 Å². The average molecular weight is 374 g/mol. The van der Waals surface area contributed by atoms with Gasteiger partial charge in [0.05, 0.1) is 10.6 Å². The first kappa shape index (κ1) is 18.5. The van der Waals surface area contributed by atoms with Crippen molar-refractivity contribution in [2.24, 2.45) is 0 Å². The number of carbonyl (C=O) groups is 1. The van der Waals surface area contributed by atoms with Crippen LogP contribution in [0.1, 0.15) is 30.5 Å². The van der Waals surface area contributed by atoms with Gasteiger partial charge in [0.25, 0.3) is 0 Å². The molecular formula is C19H22N2O4S. The third-order valence-electron chi connectivity index (χ3n) is 4.35. The highest BCUT2D eigenvalue weighted by Crippen LogP contribution is 2.21. The minimum absolute atomic E-state index is 0.159. The molecule has 6 nitrogen and oxygen atoms in total. The summed E-state index contributed by atoms with van der Waals surface area (Å²) in [6, 6.07) is 12.2. The predicted octanol–water partition coefficient (Wildman–Crippen LogP) is 2.54. The standard InChI is InChI=1S/C19H22N2O4S/c22-19(25-15-17-5-1-2-12-20-17)11-8-16-6-9-18(10-7-16)26(23,24)21-13-3-4-14-21/h1-2,5-7,9-10,12H,3-4,8,11,13-15H2. The Labute approximate surface area is 153 Å². The summed E-state index contributed by atoms with van der Waals surface area (Å²) in [6.07, 6.45) is 4.23. The summed E-state index contributed by atoms with van der Waals surface area (Å²) in [5.74, 6) is -0.301. The molecule has 7 heteroatoms. The van der Waals surface area contributed by atoms with Gasteiger partial charge in [0, 0.05) is 25.7 Å². The Morgan fingerprint density at radius 2 is 1.81 bits per heavy atom. The van der Waals surface area contributed by atoms with Crippen molar-refractivity contribution >= 4 is 16.0 Å². The van der Waals surface area contributed by atoms with E-state index in [-0.39, 0.29) is 19.0 Å². The van der Waals surface area contributed by atoms with E-state index in [1.807, 2.05) is 6.07 Å². The molecule has 1 aliphatic rings. The molecule has 1 aliphatic heterocycles. The van der Waals surface area contributed by atoms with Crippen LogP contribution in [0.2, 0.25) is 0 Å². The molecule has 0 aliphatic carbocycles. The zero-order valence-corrected chi connectivity index (χ0v) is 15.3. The Kier molecular flexibility index (Phi) is 6.00. The minimum Gasteiger partial charge on any atom is -0.459 e. The van der Waals surface area contributed by atoms with E-state index < -0.39 is 10.0 Å². The molecule has 0 unspecified atom stereocenters. The molecule has 1 aromatic carbocycles. The van der Waals surface area contributed by atoms with E-state index in [0.717, 1.165) is 18.4 Å². The number of esters is 1. The van der Waals surface area contributed by atoms with Crippen molar-refractivity contribution in [2.75, 3.05) is 13.1 Å². The first-order chi connectivity index (χ1) is 12.6. The summed E-state index contributed by atoms with van der Waals surface area (Å²) in [6.45, 7) is 1.34. The molecule has 0 N–H and O–H groups in total. The molecule has 1 aromatic heterocycles. The zero-order valence-electron chi connectivity index (χ0n) is 14.5. The van der Waals surface area contributed by atoms with E-state index in [1.54, 1.807) is 42.6 Å². The van der Waals surface area contributed by atoms with Gasteiger partial charge < -0.3 is 4.74 Å². The highest BCUT2D eigenvalue weighted by Gasteiger charge is 2.26. The van der Waals surface area contributed by atoms with Crippen LogP contribution in [0.4, 0.5) is 0 Å². The first-order valence-electron chi connectivity index (χ1n) is 8.70. The molecule has 138 valence electrons. The fraction of sp³-hybridized carbons (Fsp3) is 0.368. The number of nitrogens with zero attached hydrogens (tertiary/aromatic N) is 2. The second-order valence-electron chi connectivity index (χ2n) is 6.24. The van der Waals surface area contributed by atoms with E-state index in [1.165, 1.54) is 4.31 Å². The second-order valence-corrected chi connectivity index (χ2v) is 8.17. The summed E-state index contributed by atoms with van der Waals surface area (Å²) < 4.78 is 31.7. The molecule has 1 saturated heterocycles. The van der Waals surface area contributed by atoms with E-state index in [0.29, 0.717) is 30.1 Å². The Balaban J connectivity index is 1.50. The number of sulfonamides is 1. The summed E-state index contributed by atoms with van der Waals surface area (Å²) in [4.78, 5) is 16.2. The van der Waals surface area contributed by atoms with Crippen LogP contribution < -0.4 is 0 Å². The highest BCUT2D eigenvalue weighted by atomic mass is 32.2. The number of pyridine rings is 1. The van der Waals surface area contributed by atoms with Crippen LogP contribution in [0.25, 0.3) is 0 Å². The normalized spacial score (nSPS) is 15.1. The molecular weight excluding hydrogens is 352 g/mol. The third kappa shape index (κ3) is 4.68. The molecule has 2 aromatic rings. The van der Waals surface area contributed by atoms with Crippen molar-refractivity contribution in [3.05, 3.63) is 59.9 Å². The van der Waals surface area contributed by atoms with E-state index in [4.69, 9.17) is 4.74 Å². The van der Waals surface area contributed by atoms with E-state index in [2.05, 4.69) is 4.98 Å².